The SMILES string of the molecule is C#C/C(CF)=c1\c(-c2ncc3c(N4CCOCC(CO)C4)nc(OC[C@@]45CCCN4C[C@H](F)C5)nc3c2F)cc(O)c\c1=C\C=C. The molecule has 2 N–H and O–H groups in total. The maximum absolute atomic E-state index is 16.8. The van der Waals surface area contributed by atoms with E-state index in [-0.39, 0.29) is 63.8 Å². The second-order valence-corrected chi connectivity index (χ2v) is 12.1. The molecule has 5 heterocycles. The second kappa shape index (κ2) is 13.3. The average molecular weight is 636 g/mol. The molecule has 46 heavy (non-hydrogen) atoms. The molecule has 0 radical (unpaired) electrons. The van der Waals surface area contributed by atoms with Crippen molar-refractivity contribution in [3.8, 4) is 35.4 Å². The molecule has 0 aliphatic carbocycles. The van der Waals surface area contributed by atoms with Crippen LogP contribution in [-0.2, 0) is 4.74 Å². The van der Waals surface area contributed by atoms with E-state index in [0.717, 1.165) is 19.4 Å². The van der Waals surface area contributed by atoms with Crippen LogP contribution < -0.4 is 20.1 Å². The highest BCUT2D eigenvalue weighted by molar-refractivity contribution is 5.92. The first kappa shape index (κ1) is 31.8. The largest absolute Gasteiger partial charge is 0.508 e. The van der Waals surface area contributed by atoms with E-state index in [1.165, 1.54) is 30.5 Å². The van der Waals surface area contributed by atoms with Gasteiger partial charge < -0.3 is 24.6 Å². The van der Waals surface area contributed by atoms with Gasteiger partial charge in [-0.25, -0.2) is 13.2 Å². The number of aliphatic hydroxyl groups is 1. The number of aliphatic hydroxyl groups excluding tert-OH is 1. The number of aromatic hydroxyl groups is 1. The molecule has 0 amide bonds. The van der Waals surface area contributed by atoms with Crippen molar-refractivity contribution in [2.24, 2.45) is 5.92 Å². The summed E-state index contributed by atoms with van der Waals surface area (Å²) in [4.78, 5) is 17.6. The Bertz CT molecular complexity index is 1820. The number of pyridine rings is 1. The molecule has 3 aliphatic rings. The van der Waals surface area contributed by atoms with E-state index >= 15 is 4.39 Å². The number of phenols is 1. The van der Waals surface area contributed by atoms with Crippen LogP contribution in [0.15, 0.2) is 31.0 Å². The van der Waals surface area contributed by atoms with Crippen LogP contribution in [0.4, 0.5) is 19.0 Å². The van der Waals surface area contributed by atoms with Gasteiger partial charge in [0.1, 0.15) is 42.2 Å². The van der Waals surface area contributed by atoms with Crippen LogP contribution in [0.2, 0.25) is 0 Å². The minimum Gasteiger partial charge on any atom is -0.508 e. The molecule has 9 nitrogen and oxygen atoms in total. The lowest BCUT2D eigenvalue weighted by Crippen LogP contribution is -2.43. The predicted molar refractivity (Wildman–Crippen MR) is 169 cm³/mol. The number of aromatic nitrogens is 3. The quantitative estimate of drug-likeness (QED) is 0.362. The normalized spacial score (nSPS) is 24.5. The molecule has 3 aromatic rings. The van der Waals surface area contributed by atoms with Crippen LogP contribution in [0, 0.1) is 24.1 Å². The fourth-order valence-corrected chi connectivity index (χ4v) is 6.95. The highest BCUT2D eigenvalue weighted by atomic mass is 19.1. The number of halogens is 3. The molecule has 3 fully saturated rings. The van der Waals surface area contributed by atoms with Gasteiger partial charge >= 0.3 is 6.01 Å². The van der Waals surface area contributed by atoms with Crippen molar-refractivity contribution in [2.45, 2.75) is 31.0 Å². The lowest BCUT2D eigenvalue weighted by molar-refractivity contribution is 0.0959. The van der Waals surface area contributed by atoms with Crippen LogP contribution in [0.25, 0.3) is 33.8 Å². The summed E-state index contributed by atoms with van der Waals surface area (Å²) < 4.78 is 57.3. The van der Waals surface area contributed by atoms with Crippen molar-refractivity contribution in [2.75, 3.05) is 64.2 Å². The number of hydrogen-bond acceptors (Lipinski definition) is 9. The molecular formula is C34H36F3N5O4. The summed E-state index contributed by atoms with van der Waals surface area (Å²) in [7, 11) is 0. The molecule has 3 saturated heterocycles. The molecule has 1 unspecified atom stereocenters. The Kier molecular flexibility index (Phi) is 9.18. The Balaban J connectivity index is 1.53. The fraction of sp³-hybridized carbons (Fsp3) is 0.441. The third kappa shape index (κ3) is 5.90. The highest BCUT2D eigenvalue weighted by Gasteiger charge is 2.49. The van der Waals surface area contributed by atoms with Crippen LogP contribution in [0.1, 0.15) is 19.3 Å². The maximum Gasteiger partial charge on any atom is 0.319 e. The van der Waals surface area contributed by atoms with Crippen LogP contribution in [0.3, 0.4) is 0 Å². The third-order valence-corrected chi connectivity index (χ3v) is 9.09. The van der Waals surface area contributed by atoms with E-state index in [2.05, 4.69) is 27.4 Å². The lowest BCUT2D eigenvalue weighted by atomic mass is 9.95. The van der Waals surface area contributed by atoms with E-state index in [9.17, 15) is 19.0 Å². The number of fused-ring (bicyclic) bond motifs is 2. The van der Waals surface area contributed by atoms with Gasteiger partial charge in [-0.15, -0.1) is 6.42 Å². The Morgan fingerprint density at radius 2 is 2.13 bits per heavy atom. The molecular weight excluding hydrogens is 599 g/mol. The topological polar surface area (TPSA) is 104 Å². The molecule has 242 valence electrons. The first-order valence-corrected chi connectivity index (χ1v) is 15.3. The van der Waals surface area contributed by atoms with Crippen molar-refractivity contribution in [3.63, 3.8) is 0 Å². The molecule has 2 aromatic heterocycles. The van der Waals surface area contributed by atoms with Gasteiger partial charge in [-0.05, 0) is 36.7 Å². The van der Waals surface area contributed by atoms with Gasteiger partial charge in [-0.1, -0.05) is 24.7 Å². The zero-order valence-electron chi connectivity index (χ0n) is 25.4. The van der Waals surface area contributed by atoms with Gasteiger partial charge in [0, 0.05) is 61.1 Å². The average Bonchev–Trinajstić information content (AvgIpc) is 3.46. The van der Waals surface area contributed by atoms with E-state index in [1.807, 2.05) is 4.90 Å². The Hall–Kier alpha value is -4.18. The summed E-state index contributed by atoms with van der Waals surface area (Å²) in [5, 5.41) is 21.3. The Morgan fingerprint density at radius 3 is 2.89 bits per heavy atom. The van der Waals surface area contributed by atoms with E-state index < -0.39 is 24.2 Å². The number of benzene rings is 1. The third-order valence-electron chi connectivity index (χ3n) is 9.09. The zero-order chi connectivity index (χ0) is 32.4. The van der Waals surface area contributed by atoms with Crippen LogP contribution in [-0.4, -0.2) is 101 Å². The summed E-state index contributed by atoms with van der Waals surface area (Å²) in [6, 6.07) is 2.57. The van der Waals surface area contributed by atoms with Gasteiger partial charge in [0.15, 0.2) is 5.82 Å². The molecule has 0 bridgehead atoms. The number of nitrogens with zero attached hydrogens (tertiary/aromatic N) is 5. The highest BCUT2D eigenvalue weighted by Crippen LogP contribution is 2.40. The number of rotatable bonds is 8. The maximum atomic E-state index is 16.8. The van der Waals surface area contributed by atoms with E-state index in [0.29, 0.717) is 50.3 Å². The standard InChI is InChI=1S/C34H36F3N5O4/c1-3-6-23-11-25(44)12-26(28(23)22(4-2)14-35)30-29(37)31-27(15-38-30)32(41-9-10-45-19-21(16-41)18-43)40-33(39-31)46-20-34-7-5-8-42(34)17-24(36)13-34/h2-3,6,11-12,15,21,24,43-44H,1,5,7-10,13-14,16-20H2/b23-6-,28-22+/t21?,24-,34+/m1/s1. The molecule has 0 saturated carbocycles. The van der Waals surface area contributed by atoms with Gasteiger partial charge in [-0.3, -0.25) is 9.88 Å². The van der Waals surface area contributed by atoms with Crippen molar-refractivity contribution >= 4 is 28.4 Å². The summed E-state index contributed by atoms with van der Waals surface area (Å²) in [5.74, 6) is 1.40. The number of anilines is 1. The first-order valence-electron chi connectivity index (χ1n) is 15.3. The number of hydrogen-bond donors (Lipinski definition) is 2. The molecule has 6 rings (SSSR count). The van der Waals surface area contributed by atoms with Crippen molar-refractivity contribution in [1.29, 1.82) is 0 Å². The number of alkyl halides is 2. The second-order valence-electron chi connectivity index (χ2n) is 12.1. The summed E-state index contributed by atoms with van der Waals surface area (Å²) in [6.07, 6.45) is 11.1. The fourth-order valence-electron chi connectivity index (χ4n) is 6.95. The molecule has 0 spiro atoms. The molecule has 3 atom stereocenters. The zero-order valence-corrected chi connectivity index (χ0v) is 25.4. The van der Waals surface area contributed by atoms with Gasteiger partial charge in [-0.2, -0.15) is 9.97 Å². The number of phenolic OH excluding ortho intramolecular Hbond substituents is 1. The van der Waals surface area contributed by atoms with Gasteiger partial charge in [0.05, 0.1) is 24.1 Å². The predicted octanol–water partition coefficient (Wildman–Crippen LogP) is 2.66. The first-order chi connectivity index (χ1) is 22.3. The Labute approximate surface area is 264 Å². The van der Waals surface area contributed by atoms with Crippen molar-refractivity contribution in [3.05, 3.63) is 47.2 Å². The van der Waals surface area contributed by atoms with E-state index in [4.69, 9.17) is 20.9 Å². The summed E-state index contributed by atoms with van der Waals surface area (Å²) in [6.45, 7) is 5.31. The van der Waals surface area contributed by atoms with Crippen LogP contribution in [0.5, 0.6) is 11.8 Å². The lowest BCUT2D eigenvalue weighted by Gasteiger charge is -2.31. The Morgan fingerprint density at radius 1 is 1.28 bits per heavy atom. The number of terminal acetylenes is 1. The minimum atomic E-state index is -1.01. The smallest absolute Gasteiger partial charge is 0.319 e. The minimum absolute atomic E-state index is 0.0560. The van der Waals surface area contributed by atoms with Crippen LogP contribution >= 0.6 is 0 Å². The van der Waals surface area contributed by atoms with Gasteiger partial charge in [0.25, 0.3) is 0 Å². The van der Waals surface area contributed by atoms with Crippen molar-refractivity contribution < 1.29 is 32.9 Å². The summed E-state index contributed by atoms with van der Waals surface area (Å²) in [5.41, 5.74) is -0.792. The van der Waals surface area contributed by atoms with E-state index in [1.54, 1.807) is 0 Å². The molecule has 12 heteroatoms. The summed E-state index contributed by atoms with van der Waals surface area (Å²) >= 11 is 0. The monoisotopic (exact) mass is 635 g/mol. The molecule has 3 aliphatic heterocycles. The number of ether oxygens (including phenoxy) is 2. The van der Waals surface area contributed by atoms with Crippen molar-refractivity contribution in [1.82, 2.24) is 19.9 Å². The molecule has 1 aromatic carbocycles. The number of allylic oxidation sites excluding steroid dienone is 1. The van der Waals surface area contributed by atoms with Gasteiger partial charge in [0.2, 0.25) is 0 Å².